The molecule has 0 saturated carbocycles. The van der Waals surface area contributed by atoms with E-state index in [1.807, 2.05) is 49.4 Å². The Morgan fingerprint density at radius 1 is 0.913 bits per heavy atom. The minimum Gasteiger partial charge on any atom is -0.489 e. The van der Waals surface area contributed by atoms with Crippen LogP contribution in [0.2, 0.25) is 0 Å². The Kier molecular flexibility index (Phi) is 6.66. The van der Waals surface area contributed by atoms with Crippen LogP contribution in [0.4, 0.5) is 0 Å². The van der Waals surface area contributed by atoms with Gasteiger partial charge in [0.15, 0.2) is 0 Å². The second-order valence-corrected chi connectivity index (χ2v) is 6.38. The quantitative estimate of drug-likeness (QED) is 0.624. The van der Waals surface area contributed by atoms with Gasteiger partial charge < -0.3 is 9.84 Å². The third-order valence-electron chi connectivity index (χ3n) is 4.24. The van der Waals surface area contributed by atoms with Gasteiger partial charge in [0.2, 0.25) is 0 Å². The Morgan fingerprint density at radius 2 is 1.61 bits per heavy atom. The molecule has 1 unspecified atom stereocenters. The van der Waals surface area contributed by atoms with E-state index in [4.69, 9.17) is 4.74 Å². The maximum Gasteiger partial charge on any atom is 0.119 e. The molecular weight excluding hydrogens is 284 g/mol. The van der Waals surface area contributed by atoms with Gasteiger partial charge in [-0.1, -0.05) is 75.1 Å². The van der Waals surface area contributed by atoms with Gasteiger partial charge in [-0.3, -0.25) is 0 Å². The first-order valence-electron chi connectivity index (χ1n) is 8.61. The standard InChI is InChI=1S/C21H28O2/c1-3-4-5-9-16-21(2,22)19-12-14-20(15-13-19)23-17-18-10-7-6-8-11-18/h6-8,10-15,22H,3-5,9,16-17H2,1-2H3. The molecule has 0 bridgehead atoms. The zero-order chi connectivity index (χ0) is 16.5. The molecule has 2 aromatic carbocycles. The normalized spacial score (nSPS) is 13.5. The maximum absolute atomic E-state index is 10.6. The van der Waals surface area contributed by atoms with Crippen LogP contribution in [0.15, 0.2) is 54.6 Å². The van der Waals surface area contributed by atoms with E-state index >= 15 is 0 Å². The molecule has 0 aliphatic carbocycles. The molecular formula is C21H28O2. The third-order valence-corrected chi connectivity index (χ3v) is 4.24. The zero-order valence-electron chi connectivity index (χ0n) is 14.3. The van der Waals surface area contributed by atoms with E-state index in [2.05, 4.69) is 19.1 Å². The SMILES string of the molecule is CCCCCCC(C)(O)c1ccc(OCc2ccccc2)cc1. The summed E-state index contributed by atoms with van der Waals surface area (Å²) in [7, 11) is 0. The predicted octanol–water partition coefficient (Wildman–Crippen LogP) is 5.44. The summed E-state index contributed by atoms with van der Waals surface area (Å²) in [5.41, 5.74) is 1.35. The first-order chi connectivity index (χ1) is 11.1. The van der Waals surface area contributed by atoms with Crippen LogP contribution in [0.5, 0.6) is 5.75 Å². The minimum atomic E-state index is -0.758. The van der Waals surface area contributed by atoms with Gasteiger partial charge in [0, 0.05) is 0 Å². The fourth-order valence-corrected chi connectivity index (χ4v) is 2.69. The summed E-state index contributed by atoms with van der Waals surface area (Å²) in [6.45, 7) is 4.67. The lowest BCUT2D eigenvalue weighted by Crippen LogP contribution is -2.20. The summed E-state index contributed by atoms with van der Waals surface area (Å²) in [6, 6.07) is 18.0. The van der Waals surface area contributed by atoms with E-state index in [0.29, 0.717) is 6.61 Å². The number of hydrogen-bond acceptors (Lipinski definition) is 2. The number of ether oxygens (including phenoxy) is 1. The Labute approximate surface area is 140 Å². The van der Waals surface area contributed by atoms with Crippen LogP contribution < -0.4 is 4.74 Å². The predicted molar refractivity (Wildman–Crippen MR) is 95.5 cm³/mol. The van der Waals surface area contributed by atoms with Crippen molar-refractivity contribution in [1.82, 2.24) is 0 Å². The van der Waals surface area contributed by atoms with E-state index in [9.17, 15) is 5.11 Å². The molecule has 2 heteroatoms. The fraction of sp³-hybridized carbons (Fsp3) is 0.429. The lowest BCUT2D eigenvalue weighted by Gasteiger charge is -2.24. The van der Waals surface area contributed by atoms with E-state index < -0.39 is 5.60 Å². The molecule has 2 nitrogen and oxygen atoms in total. The lowest BCUT2D eigenvalue weighted by atomic mass is 9.90. The zero-order valence-corrected chi connectivity index (χ0v) is 14.3. The second-order valence-electron chi connectivity index (χ2n) is 6.38. The summed E-state index contributed by atoms with van der Waals surface area (Å²) in [5, 5.41) is 10.6. The van der Waals surface area contributed by atoms with Crippen molar-refractivity contribution in [1.29, 1.82) is 0 Å². The average molecular weight is 312 g/mol. The van der Waals surface area contributed by atoms with Gasteiger partial charge in [0.25, 0.3) is 0 Å². The Morgan fingerprint density at radius 3 is 2.26 bits per heavy atom. The van der Waals surface area contributed by atoms with Crippen LogP contribution in [0, 0.1) is 0 Å². The van der Waals surface area contributed by atoms with Gasteiger partial charge in [-0.05, 0) is 36.6 Å². The molecule has 0 spiro atoms. The van der Waals surface area contributed by atoms with Gasteiger partial charge in [-0.25, -0.2) is 0 Å². The molecule has 124 valence electrons. The summed E-state index contributed by atoms with van der Waals surface area (Å²) >= 11 is 0. The lowest BCUT2D eigenvalue weighted by molar-refractivity contribution is 0.0448. The highest BCUT2D eigenvalue weighted by molar-refractivity contribution is 5.30. The van der Waals surface area contributed by atoms with Crippen LogP contribution in [-0.2, 0) is 12.2 Å². The summed E-state index contributed by atoms with van der Waals surface area (Å²) in [6.07, 6.45) is 5.51. The van der Waals surface area contributed by atoms with Crippen LogP contribution in [0.25, 0.3) is 0 Å². The Hall–Kier alpha value is -1.80. The highest BCUT2D eigenvalue weighted by atomic mass is 16.5. The summed E-state index contributed by atoms with van der Waals surface area (Å²) < 4.78 is 5.79. The molecule has 2 rings (SSSR count). The van der Waals surface area contributed by atoms with Gasteiger partial charge in [0.1, 0.15) is 12.4 Å². The van der Waals surface area contributed by atoms with Gasteiger partial charge in [-0.2, -0.15) is 0 Å². The van der Waals surface area contributed by atoms with E-state index in [-0.39, 0.29) is 0 Å². The molecule has 0 amide bonds. The van der Waals surface area contributed by atoms with E-state index in [1.165, 1.54) is 19.3 Å². The van der Waals surface area contributed by atoms with Crippen LogP contribution in [0.1, 0.15) is 57.1 Å². The van der Waals surface area contributed by atoms with E-state index in [0.717, 1.165) is 29.7 Å². The largest absolute Gasteiger partial charge is 0.489 e. The van der Waals surface area contributed by atoms with Crippen molar-refractivity contribution in [2.45, 2.75) is 58.2 Å². The van der Waals surface area contributed by atoms with Crippen LogP contribution in [-0.4, -0.2) is 5.11 Å². The molecule has 1 N–H and O–H groups in total. The summed E-state index contributed by atoms with van der Waals surface area (Å²) in [5.74, 6) is 0.833. The topological polar surface area (TPSA) is 29.5 Å². The third kappa shape index (κ3) is 5.72. The van der Waals surface area contributed by atoms with E-state index in [1.54, 1.807) is 0 Å². The highest BCUT2D eigenvalue weighted by Gasteiger charge is 2.22. The van der Waals surface area contributed by atoms with Crippen molar-refractivity contribution in [3.8, 4) is 5.75 Å². The smallest absolute Gasteiger partial charge is 0.119 e. The van der Waals surface area contributed by atoms with Crippen molar-refractivity contribution in [3.05, 3.63) is 65.7 Å². The molecule has 0 aromatic heterocycles. The van der Waals surface area contributed by atoms with Crippen molar-refractivity contribution in [2.24, 2.45) is 0 Å². The molecule has 23 heavy (non-hydrogen) atoms. The maximum atomic E-state index is 10.6. The Balaban J connectivity index is 1.88. The number of rotatable bonds is 9. The minimum absolute atomic E-state index is 0.563. The number of unbranched alkanes of at least 4 members (excludes halogenated alkanes) is 3. The van der Waals surface area contributed by atoms with Crippen LogP contribution in [0.3, 0.4) is 0 Å². The van der Waals surface area contributed by atoms with Gasteiger partial charge in [0.05, 0.1) is 5.60 Å². The average Bonchev–Trinajstić information content (AvgIpc) is 2.58. The monoisotopic (exact) mass is 312 g/mol. The molecule has 0 aliphatic heterocycles. The molecule has 2 aromatic rings. The highest BCUT2D eigenvalue weighted by Crippen LogP contribution is 2.28. The van der Waals surface area contributed by atoms with Crippen LogP contribution >= 0.6 is 0 Å². The van der Waals surface area contributed by atoms with Crippen molar-refractivity contribution >= 4 is 0 Å². The molecule has 0 radical (unpaired) electrons. The van der Waals surface area contributed by atoms with Gasteiger partial charge in [-0.15, -0.1) is 0 Å². The first-order valence-corrected chi connectivity index (χ1v) is 8.61. The molecule has 0 saturated heterocycles. The number of aliphatic hydroxyl groups is 1. The molecule has 0 fully saturated rings. The molecule has 0 aliphatic rings. The molecule has 1 atom stereocenters. The van der Waals surface area contributed by atoms with Crippen molar-refractivity contribution < 1.29 is 9.84 Å². The first kappa shape index (κ1) is 17.6. The fourth-order valence-electron chi connectivity index (χ4n) is 2.69. The number of hydrogen-bond donors (Lipinski definition) is 1. The number of benzene rings is 2. The van der Waals surface area contributed by atoms with Gasteiger partial charge >= 0.3 is 0 Å². The Bertz CT molecular complexity index is 558. The molecule has 0 heterocycles. The second kappa shape index (κ2) is 8.73. The van der Waals surface area contributed by atoms with Crippen molar-refractivity contribution in [2.75, 3.05) is 0 Å². The van der Waals surface area contributed by atoms with Crippen molar-refractivity contribution in [3.63, 3.8) is 0 Å². The summed E-state index contributed by atoms with van der Waals surface area (Å²) in [4.78, 5) is 0.